The minimum absolute atomic E-state index is 0.0896. The molecule has 0 bridgehead atoms. The molecule has 0 aliphatic carbocycles. The maximum absolute atomic E-state index is 12.4. The van der Waals surface area contributed by atoms with Crippen LogP contribution in [0.3, 0.4) is 0 Å². The highest BCUT2D eigenvalue weighted by Gasteiger charge is 2.44. The second kappa shape index (κ2) is 8.49. The third kappa shape index (κ3) is 4.45. The van der Waals surface area contributed by atoms with Crippen LogP contribution in [0, 0.1) is 0 Å². The van der Waals surface area contributed by atoms with Crippen molar-refractivity contribution in [1.82, 2.24) is 10.3 Å². The number of thiazole rings is 1. The summed E-state index contributed by atoms with van der Waals surface area (Å²) in [6, 6.07) is 7.67. The molecule has 1 saturated heterocycles. The van der Waals surface area contributed by atoms with E-state index in [0.29, 0.717) is 25.3 Å². The number of rotatable bonds is 7. The minimum Gasteiger partial charge on any atom is -0.494 e. The molecular formula is C19H22N2O5S. The van der Waals surface area contributed by atoms with Gasteiger partial charge in [0.05, 0.1) is 32.4 Å². The van der Waals surface area contributed by atoms with Crippen LogP contribution < -0.4 is 10.1 Å². The number of esters is 1. The minimum atomic E-state index is -1.10. The zero-order valence-electron chi connectivity index (χ0n) is 15.3. The normalized spacial score (nSPS) is 18.9. The molecule has 0 saturated carbocycles. The summed E-state index contributed by atoms with van der Waals surface area (Å²) in [5.41, 5.74) is 0.519. The summed E-state index contributed by atoms with van der Waals surface area (Å²) in [5, 5.41) is 5.45. The van der Waals surface area contributed by atoms with Crippen molar-refractivity contribution in [3.8, 4) is 16.3 Å². The number of amides is 1. The Bertz CT molecular complexity index is 797. The third-order valence-corrected chi connectivity index (χ3v) is 5.22. The Kier molecular flexibility index (Phi) is 6.08. The van der Waals surface area contributed by atoms with Crippen molar-refractivity contribution in [2.24, 2.45) is 0 Å². The number of nitrogens with one attached hydrogen (secondary N) is 1. The molecule has 0 spiro atoms. The first-order chi connectivity index (χ1) is 13.1. The van der Waals surface area contributed by atoms with Crippen LogP contribution >= 0.6 is 11.3 Å². The second-order valence-electron chi connectivity index (χ2n) is 6.20. The van der Waals surface area contributed by atoms with Crippen molar-refractivity contribution in [3.63, 3.8) is 0 Å². The SMILES string of the molecule is CCOc1ccc(-c2nc(CC(=O)N[C@]3(C(=O)OC)CCOC3)cs2)cc1. The quantitative estimate of drug-likeness (QED) is 0.730. The van der Waals surface area contributed by atoms with Crippen LogP contribution in [-0.4, -0.2) is 49.3 Å². The molecule has 7 nitrogen and oxygen atoms in total. The van der Waals surface area contributed by atoms with E-state index in [1.165, 1.54) is 18.4 Å². The first-order valence-electron chi connectivity index (χ1n) is 8.71. The lowest BCUT2D eigenvalue weighted by molar-refractivity contribution is -0.150. The molecule has 1 aromatic carbocycles. The van der Waals surface area contributed by atoms with Gasteiger partial charge in [0.25, 0.3) is 0 Å². The van der Waals surface area contributed by atoms with E-state index in [9.17, 15) is 9.59 Å². The van der Waals surface area contributed by atoms with Gasteiger partial charge in [-0.25, -0.2) is 9.78 Å². The first-order valence-corrected chi connectivity index (χ1v) is 9.59. The van der Waals surface area contributed by atoms with Crippen molar-refractivity contribution in [2.45, 2.75) is 25.3 Å². The van der Waals surface area contributed by atoms with Crippen LogP contribution in [0.1, 0.15) is 19.0 Å². The molecule has 8 heteroatoms. The van der Waals surface area contributed by atoms with Crippen molar-refractivity contribution >= 4 is 23.2 Å². The summed E-state index contributed by atoms with van der Waals surface area (Å²) in [6.07, 6.45) is 0.492. The van der Waals surface area contributed by atoms with Crippen molar-refractivity contribution in [3.05, 3.63) is 35.3 Å². The Hall–Kier alpha value is -2.45. The lowest BCUT2D eigenvalue weighted by Crippen LogP contribution is -2.56. The van der Waals surface area contributed by atoms with Crippen LogP contribution in [0.5, 0.6) is 5.75 Å². The Labute approximate surface area is 161 Å². The van der Waals surface area contributed by atoms with E-state index < -0.39 is 11.5 Å². The molecule has 0 radical (unpaired) electrons. The van der Waals surface area contributed by atoms with Gasteiger partial charge in [0.2, 0.25) is 5.91 Å². The fraction of sp³-hybridized carbons (Fsp3) is 0.421. The number of hydrogen-bond acceptors (Lipinski definition) is 7. The maximum Gasteiger partial charge on any atom is 0.334 e. The number of ether oxygens (including phenoxy) is 3. The second-order valence-corrected chi connectivity index (χ2v) is 7.06. The van der Waals surface area contributed by atoms with Gasteiger partial charge in [-0.15, -0.1) is 11.3 Å². The molecule has 0 unspecified atom stereocenters. The molecule has 27 heavy (non-hydrogen) atoms. The van der Waals surface area contributed by atoms with Crippen molar-refractivity contribution in [1.29, 1.82) is 0 Å². The number of hydrogen-bond donors (Lipinski definition) is 1. The number of aromatic nitrogens is 1. The molecule has 144 valence electrons. The van der Waals surface area contributed by atoms with Gasteiger partial charge in [-0.3, -0.25) is 4.79 Å². The van der Waals surface area contributed by atoms with E-state index in [4.69, 9.17) is 14.2 Å². The van der Waals surface area contributed by atoms with E-state index >= 15 is 0 Å². The summed E-state index contributed by atoms with van der Waals surface area (Å²) in [4.78, 5) is 29.0. The maximum atomic E-state index is 12.4. The van der Waals surface area contributed by atoms with Gasteiger partial charge in [0, 0.05) is 24.0 Å². The van der Waals surface area contributed by atoms with Crippen molar-refractivity contribution < 1.29 is 23.8 Å². The summed E-state index contributed by atoms with van der Waals surface area (Å²) in [5.74, 6) is 0.0421. The van der Waals surface area contributed by atoms with E-state index in [1.807, 2.05) is 36.6 Å². The summed E-state index contributed by atoms with van der Waals surface area (Å²) >= 11 is 1.47. The average molecular weight is 390 g/mol. The van der Waals surface area contributed by atoms with Crippen molar-refractivity contribution in [2.75, 3.05) is 26.9 Å². The van der Waals surface area contributed by atoms with E-state index in [2.05, 4.69) is 10.3 Å². The molecule has 1 amide bonds. The number of carbonyl (C=O) groups is 2. The highest BCUT2D eigenvalue weighted by atomic mass is 32.1. The molecule has 1 aliphatic heterocycles. The molecule has 1 N–H and O–H groups in total. The zero-order valence-corrected chi connectivity index (χ0v) is 16.1. The highest BCUT2D eigenvalue weighted by Crippen LogP contribution is 2.26. The monoisotopic (exact) mass is 390 g/mol. The molecule has 1 fully saturated rings. The molecule has 3 rings (SSSR count). The Morgan fingerprint density at radius 2 is 2.11 bits per heavy atom. The number of methoxy groups -OCH3 is 1. The Morgan fingerprint density at radius 1 is 1.33 bits per heavy atom. The molecule has 1 aliphatic rings. The summed E-state index contributed by atoms with van der Waals surface area (Å²) < 4.78 is 15.5. The van der Waals surface area contributed by atoms with Gasteiger partial charge in [-0.2, -0.15) is 0 Å². The summed E-state index contributed by atoms with van der Waals surface area (Å²) in [7, 11) is 1.30. The predicted molar refractivity (Wildman–Crippen MR) is 101 cm³/mol. The first kappa shape index (κ1) is 19.3. The van der Waals surface area contributed by atoms with Gasteiger partial charge in [0.1, 0.15) is 10.8 Å². The summed E-state index contributed by atoms with van der Waals surface area (Å²) in [6.45, 7) is 3.09. The lowest BCUT2D eigenvalue weighted by Gasteiger charge is -2.25. The van der Waals surface area contributed by atoms with E-state index in [0.717, 1.165) is 16.3 Å². The zero-order chi connectivity index (χ0) is 19.3. The number of benzene rings is 1. The third-order valence-electron chi connectivity index (χ3n) is 4.28. The predicted octanol–water partition coefficient (Wildman–Crippen LogP) is 2.20. The lowest BCUT2D eigenvalue weighted by atomic mass is 9.98. The molecule has 2 aromatic rings. The topological polar surface area (TPSA) is 86.8 Å². The fourth-order valence-corrected chi connectivity index (χ4v) is 3.75. The Balaban J connectivity index is 1.64. The van der Waals surface area contributed by atoms with Gasteiger partial charge in [-0.1, -0.05) is 0 Å². The Morgan fingerprint density at radius 3 is 2.74 bits per heavy atom. The van der Waals surface area contributed by atoms with Crippen LogP contribution in [-0.2, 0) is 25.5 Å². The highest BCUT2D eigenvalue weighted by molar-refractivity contribution is 7.13. The number of nitrogens with zero attached hydrogens (tertiary/aromatic N) is 1. The molecule has 1 atom stereocenters. The smallest absolute Gasteiger partial charge is 0.334 e. The van der Waals surface area contributed by atoms with Crippen LogP contribution in [0.4, 0.5) is 0 Å². The van der Waals surface area contributed by atoms with Gasteiger partial charge >= 0.3 is 5.97 Å². The standard InChI is InChI=1S/C19H22N2O5S/c1-3-26-15-6-4-13(5-7-15)17-20-14(11-27-17)10-16(22)21-19(18(23)24-2)8-9-25-12-19/h4-7,11H,3,8-10,12H2,1-2H3,(H,21,22)/t19-/m1/s1. The van der Waals surface area contributed by atoms with Crippen LogP contribution in [0.25, 0.3) is 10.6 Å². The largest absolute Gasteiger partial charge is 0.494 e. The molecule has 2 heterocycles. The van der Waals surface area contributed by atoms with Crippen LogP contribution in [0.15, 0.2) is 29.6 Å². The average Bonchev–Trinajstić information content (AvgIpc) is 3.32. The van der Waals surface area contributed by atoms with E-state index in [1.54, 1.807) is 0 Å². The van der Waals surface area contributed by atoms with Gasteiger partial charge in [0.15, 0.2) is 5.54 Å². The molecular weight excluding hydrogens is 368 g/mol. The fourth-order valence-electron chi connectivity index (χ4n) is 2.93. The van der Waals surface area contributed by atoms with E-state index in [-0.39, 0.29) is 18.9 Å². The van der Waals surface area contributed by atoms with Gasteiger partial charge in [-0.05, 0) is 31.2 Å². The molecule has 1 aromatic heterocycles. The van der Waals surface area contributed by atoms with Gasteiger partial charge < -0.3 is 19.5 Å². The number of carbonyl (C=O) groups excluding carboxylic acids is 2. The van der Waals surface area contributed by atoms with Crippen LogP contribution in [0.2, 0.25) is 0 Å².